The highest BCUT2D eigenvalue weighted by Gasteiger charge is 2.25. The number of aliphatic imine (C=N–C) groups is 1. The van der Waals surface area contributed by atoms with Crippen LogP contribution in [0.1, 0.15) is 16.0 Å². The molecular formula is C22H15ClFNO4S. The zero-order chi connectivity index (χ0) is 21.1. The molecule has 3 aromatic rings. The lowest BCUT2D eigenvalue weighted by Gasteiger charge is -2.13. The molecule has 0 aliphatic carbocycles. The van der Waals surface area contributed by atoms with Gasteiger partial charge < -0.3 is 14.2 Å². The van der Waals surface area contributed by atoms with Gasteiger partial charge in [-0.3, -0.25) is 0 Å². The predicted octanol–water partition coefficient (Wildman–Crippen LogP) is 5.47. The normalized spacial score (nSPS) is 14.6. The van der Waals surface area contributed by atoms with Crippen molar-refractivity contribution in [1.29, 1.82) is 0 Å². The molecule has 1 aliphatic rings. The van der Waals surface area contributed by atoms with E-state index in [-0.39, 0.29) is 29.0 Å². The summed E-state index contributed by atoms with van der Waals surface area (Å²) in [6, 6.07) is 13.1. The average molecular weight is 444 g/mol. The molecule has 4 rings (SSSR count). The van der Waals surface area contributed by atoms with E-state index in [0.29, 0.717) is 22.6 Å². The molecule has 0 fully saturated rings. The van der Waals surface area contributed by atoms with E-state index in [1.54, 1.807) is 30.3 Å². The van der Waals surface area contributed by atoms with Gasteiger partial charge in [0.2, 0.25) is 5.90 Å². The van der Waals surface area contributed by atoms with Crippen molar-refractivity contribution in [3.8, 4) is 11.5 Å². The minimum absolute atomic E-state index is 0.120. The molecule has 30 heavy (non-hydrogen) atoms. The van der Waals surface area contributed by atoms with Gasteiger partial charge in [-0.15, -0.1) is 11.3 Å². The summed E-state index contributed by atoms with van der Waals surface area (Å²) in [5.74, 6) is 0.0817. The third-order valence-corrected chi connectivity index (χ3v) is 5.32. The molecule has 5 nitrogen and oxygen atoms in total. The molecule has 0 radical (unpaired) electrons. The number of thiophene rings is 1. The van der Waals surface area contributed by atoms with E-state index in [1.165, 1.54) is 30.6 Å². The van der Waals surface area contributed by atoms with Gasteiger partial charge in [-0.25, -0.2) is 14.2 Å². The Morgan fingerprint density at radius 3 is 2.83 bits per heavy atom. The zero-order valence-corrected chi connectivity index (χ0v) is 17.3. The van der Waals surface area contributed by atoms with Crippen LogP contribution in [0.3, 0.4) is 0 Å². The minimum Gasteiger partial charge on any atom is -0.493 e. The molecule has 2 aromatic carbocycles. The molecule has 2 heterocycles. The summed E-state index contributed by atoms with van der Waals surface area (Å²) in [6.45, 7) is 0.120. The van der Waals surface area contributed by atoms with Crippen LogP contribution in [0.5, 0.6) is 11.5 Å². The third-order valence-electron chi connectivity index (χ3n) is 4.18. The van der Waals surface area contributed by atoms with Crippen molar-refractivity contribution in [2.45, 2.75) is 6.61 Å². The van der Waals surface area contributed by atoms with Crippen molar-refractivity contribution in [3.63, 3.8) is 0 Å². The van der Waals surface area contributed by atoms with E-state index in [2.05, 4.69) is 4.99 Å². The Balaban J connectivity index is 1.59. The van der Waals surface area contributed by atoms with E-state index in [4.69, 9.17) is 25.8 Å². The number of nitrogens with zero attached hydrogens (tertiary/aromatic N) is 1. The summed E-state index contributed by atoms with van der Waals surface area (Å²) in [7, 11) is 1.48. The Hall–Kier alpha value is -3.16. The first-order valence-corrected chi connectivity index (χ1v) is 10.1. The number of ether oxygens (including phenoxy) is 3. The van der Waals surface area contributed by atoms with Crippen LogP contribution in [0, 0.1) is 5.82 Å². The standard InChI is InChI=1S/C22H15ClFNO4S/c1-27-18-11-14(10-17-22(26)29-21(25-17)19-6-3-7-30-19)9-16(23)20(18)28-12-13-4-2-5-15(24)8-13/h2-11H,12H2,1H3. The van der Waals surface area contributed by atoms with Gasteiger partial charge >= 0.3 is 5.97 Å². The highest BCUT2D eigenvalue weighted by molar-refractivity contribution is 7.12. The number of carbonyl (C=O) groups excluding carboxylic acids is 1. The quantitative estimate of drug-likeness (QED) is 0.374. The van der Waals surface area contributed by atoms with Gasteiger partial charge in [-0.1, -0.05) is 29.8 Å². The number of rotatable bonds is 6. The van der Waals surface area contributed by atoms with Gasteiger partial charge in [0.1, 0.15) is 12.4 Å². The fraction of sp³-hybridized carbons (Fsp3) is 0.0909. The highest BCUT2D eigenvalue weighted by Crippen LogP contribution is 2.38. The first kappa shape index (κ1) is 20.1. The third kappa shape index (κ3) is 4.37. The molecule has 0 unspecified atom stereocenters. The molecular weight excluding hydrogens is 429 g/mol. The van der Waals surface area contributed by atoms with Crippen LogP contribution in [0.15, 0.2) is 64.6 Å². The summed E-state index contributed by atoms with van der Waals surface area (Å²) in [5, 5.41) is 2.16. The van der Waals surface area contributed by atoms with Crippen LogP contribution in [0.4, 0.5) is 4.39 Å². The summed E-state index contributed by atoms with van der Waals surface area (Å²) < 4.78 is 29.7. The van der Waals surface area contributed by atoms with Gasteiger partial charge in [0.15, 0.2) is 17.2 Å². The molecule has 0 bridgehead atoms. The summed E-state index contributed by atoms with van der Waals surface area (Å²) in [4.78, 5) is 17.2. The number of carbonyl (C=O) groups is 1. The number of cyclic esters (lactones) is 1. The Bertz CT molecular complexity index is 1160. The van der Waals surface area contributed by atoms with E-state index in [9.17, 15) is 9.18 Å². The smallest absolute Gasteiger partial charge is 0.363 e. The molecule has 0 saturated carbocycles. The summed E-state index contributed by atoms with van der Waals surface area (Å²) >= 11 is 7.81. The van der Waals surface area contributed by atoms with E-state index in [0.717, 1.165) is 4.88 Å². The van der Waals surface area contributed by atoms with Crippen molar-refractivity contribution in [2.75, 3.05) is 7.11 Å². The Kier molecular flexibility index (Phi) is 5.83. The fourth-order valence-electron chi connectivity index (χ4n) is 2.82. The van der Waals surface area contributed by atoms with Crippen LogP contribution in [0.2, 0.25) is 5.02 Å². The first-order chi connectivity index (χ1) is 14.5. The minimum atomic E-state index is -0.542. The number of methoxy groups -OCH3 is 1. The van der Waals surface area contributed by atoms with Gasteiger partial charge in [0, 0.05) is 0 Å². The molecule has 8 heteroatoms. The monoisotopic (exact) mass is 443 g/mol. The lowest BCUT2D eigenvalue weighted by atomic mass is 10.1. The van der Waals surface area contributed by atoms with Crippen LogP contribution >= 0.6 is 22.9 Å². The molecule has 1 aliphatic heterocycles. The Morgan fingerprint density at radius 2 is 2.10 bits per heavy atom. The molecule has 0 spiro atoms. The first-order valence-electron chi connectivity index (χ1n) is 8.84. The van der Waals surface area contributed by atoms with Gasteiger partial charge in [-0.05, 0) is 52.9 Å². The number of hydrogen-bond acceptors (Lipinski definition) is 6. The van der Waals surface area contributed by atoms with E-state index >= 15 is 0 Å². The van der Waals surface area contributed by atoms with Crippen molar-refractivity contribution in [2.24, 2.45) is 4.99 Å². The number of benzene rings is 2. The zero-order valence-electron chi connectivity index (χ0n) is 15.7. The predicted molar refractivity (Wildman–Crippen MR) is 114 cm³/mol. The molecule has 0 atom stereocenters. The lowest BCUT2D eigenvalue weighted by molar-refractivity contribution is -0.129. The fourth-order valence-corrected chi connectivity index (χ4v) is 3.74. The summed E-state index contributed by atoms with van der Waals surface area (Å²) in [6.07, 6.45) is 1.56. The maximum absolute atomic E-state index is 13.4. The van der Waals surface area contributed by atoms with Crippen molar-refractivity contribution < 1.29 is 23.4 Å². The molecule has 0 saturated heterocycles. The molecule has 152 valence electrons. The van der Waals surface area contributed by atoms with Gasteiger partial charge in [0.25, 0.3) is 0 Å². The van der Waals surface area contributed by atoms with Crippen LogP contribution in [-0.2, 0) is 16.1 Å². The maximum Gasteiger partial charge on any atom is 0.363 e. The van der Waals surface area contributed by atoms with Crippen molar-refractivity contribution in [3.05, 3.63) is 86.5 Å². The number of halogens is 2. The maximum atomic E-state index is 13.4. The molecule has 1 aromatic heterocycles. The Labute approximate surface area is 181 Å². The number of esters is 1. The van der Waals surface area contributed by atoms with Gasteiger partial charge in [-0.2, -0.15) is 0 Å². The average Bonchev–Trinajstić information content (AvgIpc) is 3.37. The summed E-state index contributed by atoms with van der Waals surface area (Å²) in [5.41, 5.74) is 1.41. The Morgan fingerprint density at radius 1 is 1.23 bits per heavy atom. The lowest BCUT2D eigenvalue weighted by Crippen LogP contribution is -2.03. The van der Waals surface area contributed by atoms with Crippen LogP contribution in [-0.4, -0.2) is 19.0 Å². The second-order valence-electron chi connectivity index (χ2n) is 6.27. The topological polar surface area (TPSA) is 57.1 Å². The van der Waals surface area contributed by atoms with Crippen molar-refractivity contribution in [1.82, 2.24) is 0 Å². The highest BCUT2D eigenvalue weighted by atomic mass is 35.5. The largest absolute Gasteiger partial charge is 0.493 e. The van der Waals surface area contributed by atoms with Crippen LogP contribution < -0.4 is 9.47 Å². The second kappa shape index (κ2) is 8.69. The molecule has 0 amide bonds. The van der Waals surface area contributed by atoms with E-state index < -0.39 is 5.97 Å². The SMILES string of the molecule is COc1cc(C=C2N=C(c3cccs3)OC2=O)cc(Cl)c1OCc1cccc(F)c1. The molecule has 0 N–H and O–H groups in total. The van der Waals surface area contributed by atoms with Crippen LogP contribution in [0.25, 0.3) is 6.08 Å². The second-order valence-corrected chi connectivity index (χ2v) is 7.62. The van der Waals surface area contributed by atoms with Gasteiger partial charge in [0.05, 0.1) is 17.0 Å². The van der Waals surface area contributed by atoms with Crippen molar-refractivity contribution >= 4 is 40.9 Å². The number of hydrogen-bond donors (Lipinski definition) is 0. The van der Waals surface area contributed by atoms with E-state index in [1.807, 2.05) is 17.5 Å².